The van der Waals surface area contributed by atoms with E-state index in [0.717, 1.165) is 55.2 Å². The van der Waals surface area contributed by atoms with Crippen molar-refractivity contribution in [1.82, 2.24) is 10.2 Å². The molecule has 3 aromatic rings. The summed E-state index contributed by atoms with van der Waals surface area (Å²) in [4.78, 5) is 27.7. The minimum atomic E-state index is -0.299. The molecule has 194 valence electrons. The highest BCUT2D eigenvalue weighted by atomic mass is 19.1. The topological polar surface area (TPSA) is 71.8 Å². The molecule has 0 spiro atoms. The third-order valence-electron chi connectivity index (χ3n) is 7.32. The van der Waals surface area contributed by atoms with Gasteiger partial charge in [-0.15, -0.1) is 0 Å². The van der Waals surface area contributed by atoms with Gasteiger partial charge < -0.3 is 19.4 Å². The zero-order valence-electron chi connectivity index (χ0n) is 21.2. The van der Waals surface area contributed by atoms with Gasteiger partial charge in [-0.3, -0.25) is 9.59 Å². The minimum Gasteiger partial charge on any atom is -0.486 e. The number of furan rings is 1. The maximum absolute atomic E-state index is 13.8. The average molecular weight is 505 g/mol. The van der Waals surface area contributed by atoms with Crippen LogP contribution in [0.5, 0.6) is 5.75 Å². The van der Waals surface area contributed by atoms with E-state index >= 15 is 0 Å². The maximum Gasteiger partial charge on any atom is 0.286 e. The molecular weight excluding hydrogens is 471 g/mol. The van der Waals surface area contributed by atoms with Crippen LogP contribution in [0.2, 0.25) is 0 Å². The van der Waals surface area contributed by atoms with E-state index in [4.69, 9.17) is 9.15 Å². The lowest BCUT2D eigenvalue weighted by molar-refractivity contribution is -0.137. The molecule has 2 heterocycles. The van der Waals surface area contributed by atoms with Gasteiger partial charge in [-0.1, -0.05) is 38.0 Å². The summed E-state index contributed by atoms with van der Waals surface area (Å²) in [5.74, 6) is 1.17. The van der Waals surface area contributed by atoms with E-state index < -0.39 is 0 Å². The van der Waals surface area contributed by atoms with Gasteiger partial charge in [0.2, 0.25) is 5.91 Å². The standard InChI is InChI=1S/C30H33FN2O4/c1-2-16-32-29(34)27-14-13-25(37-27)19-36-24-12-9-20-15-17-33(30(35)22-5-3-4-6-22)28(26(20)18-24)21-7-10-23(31)11-8-21/h7-14,18,22,28H,2-6,15-17,19H2,1H3,(H,32,34)/t28-/m1/s1. The van der Waals surface area contributed by atoms with Crippen molar-refractivity contribution >= 4 is 11.8 Å². The summed E-state index contributed by atoms with van der Waals surface area (Å²) in [6, 6.07) is 15.5. The Kier molecular flexibility index (Phi) is 7.58. The zero-order valence-corrected chi connectivity index (χ0v) is 21.2. The van der Waals surface area contributed by atoms with Crippen LogP contribution in [0.1, 0.15) is 78.1 Å². The Morgan fingerprint density at radius 2 is 1.86 bits per heavy atom. The Labute approximate surface area is 216 Å². The van der Waals surface area contributed by atoms with Crippen LogP contribution in [-0.4, -0.2) is 29.8 Å². The molecule has 1 aliphatic heterocycles. The van der Waals surface area contributed by atoms with Crippen LogP contribution in [0.3, 0.4) is 0 Å². The highest BCUT2D eigenvalue weighted by molar-refractivity contribution is 5.91. The third-order valence-corrected chi connectivity index (χ3v) is 7.32. The summed E-state index contributed by atoms with van der Waals surface area (Å²) in [6.07, 6.45) is 5.67. The molecule has 1 N–H and O–H groups in total. The third kappa shape index (κ3) is 5.55. The molecule has 5 rings (SSSR count). The molecule has 0 unspecified atom stereocenters. The SMILES string of the molecule is CCCNC(=O)c1ccc(COc2ccc3c(c2)[C@@H](c2ccc(F)cc2)N(C(=O)C2CCCC2)CC3)o1. The fourth-order valence-electron chi connectivity index (χ4n) is 5.39. The predicted octanol–water partition coefficient (Wildman–Crippen LogP) is 5.80. The number of halogens is 1. The van der Waals surface area contributed by atoms with Crippen LogP contribution < -0.4 is 10.1 Å². The first-order valence-electron chi connectivity index (χ1n) is 13.2. The molecule has 37 heavy (non-hydrogen) atoms. The Hall–Kier alpha value is -3.61. The summed E-state index contributed by atoms with van der Waals surface area (Å²) in [7, 11) is 0. The van der Waals surface area contributed by atoms with Crippen molar-refractivity contribution in [3.05, 3.63) is 88.6 Å². The van der Waals surface area contributed by atoms with Gasteiger partial charge in [-0.25, -0.2) is 4.39 Å². The van der Waals surface area contributed by atoms with Gasteiger partial charge >= 0.3 is 0 Å². The smallest absolute Gasteiger partial charge is 0.286 e. The Balaban J connectivity index is 1.38. The number of hydrogen-bond acceptors (Lipinski definition) is 4. The highest BCUT2D eigenvalue weighted by Gasteiger charge is 2.36. The van der Waals surface area contributed by atoms with Crippen LogP contribution in [0.15, 0.2) is 59.0 Å². The molecular formula is C30H33FN2O4. The molecule has 0 radical (unpaired) electrons. The van der Waals surface area contributed by atoms with Gasteiger partial charge in [-0.05, 0) is 78.8 Å². The van der Waals surface area contributed by atoms with Crippen molar-refractivity contribution in [2.75, 3.05) is 13.1 Å². The molecule has 1 atom stereocenters. The van der Waals surface area contributed by atoms with Gasteiger partial charge in [0, 0.05) is 19.0 Å². The zero-order chi connectivity index (χ0) is 25.8. The van der Waals surface area contributed by atoms with E-state index in [1.54, 1.807) is 24.3 Å². The predicted molar refractivity (Wildman–Crippen MR) is 138 cm³/mol. The monoisotopic (exact) mass is 504 g/mol. The number of carbonyl (C=O) groups is 2. The maximum atomic E-state index is 13.8. The lowest BCUT2D eigenvalue weighted by atomic mass is 9.87. The van der Waals surface area contributed by atoms with E-state index in [0.29, 0.717) is 24.6 Å². The number of benzene rings is 2. The van der Waals surface area contributed by atoms with Crippen molar-refractivity contribution < 1.29 is 23.1 Å². The van der Waals surface area contributed by atoms with E-state index in [9.17, 15) is 14.0 Å². The lowest BCUT2D eigenvalue weighted by Gasteiger charge is -2.39. The van der Waals surface area contributed by atoms with Crippen molar-refractivity contribution in [3.8, 4) is 5.75 Å². The Morgan fingerprint density at radius 1 is 1.08 bits per heavy atom. The van der Waals surface area contributed by atoms with Crippen LogP contribution >= 0.6 is 0 Å². The fraction of sp³-hybridized carbons (Fsp3) is 0.400. The minimum absolute atomic E-state index is 0.0617. The molecule has 1 aromatic heterocycles. The number of carbonyl (C=O) groups excluding carboxylic acids is 2. The van der Waals surface area contributed by atoms with Crippen molar-refractivity contribution in [1.29, 1.82) is 0 Å². The second-order valence-electron chi connectivity index (χ2n) is 9.89. The van der Waals surface area contributed by atoms with E-state index in [1.807, 2.05) is 30.0 Å². The molecule has 1 aliphatic carbocycles. The van der Waals surface area contributed by atoms with Gasteiger partial charge in [-0.2, -0.15) is 0 Å². The van der Waals surface area contributed by atoms with Crippen LogP contribution in [0.25, 0.3) is 0 Å². The number of amides is 2. The highest BCUT2D eigenvalue weighted by Crippen LogP contribution is 2.39. The molecule has 2 aromatic carbocycles. The van der Waals surface area contributed by atoms with Gasteiger partial charge in [0.1, 0.15) is 23.9 Å². The van der Waals surface area contributed by atoms with Crippen molar-refractivity contribution in [2.24, 2.45) is 5.92 Å². The van der Waals surface area contributed by atoms with Crippen LogP contribution in [-0.2, 0) is 17.8 Å². The Morgan fingerprint density at radius 3 is 2.62 bits per heavy atom. The number of nitrogens with one attached hydrogen (secondary N) is 1. The summed E-state index contributed by atoms with van der Waals surface area (Å²) >= 11 is 0. The van der Waals surface area contributed by atoms with E-state index in [1.165, 1.54) is 12.1 Å². The molecule has 0 bridgehead atoms. The number of hydrogen-bond donors (Lipinski definition) is 1. The number of nitrogens with zero attached hydrogens (tertiary/aromatic N) is 1. The van der Waals surface area contributed by atoms with Crippen LogP contribution in [0, 0.1) is 11.7 Å². The molecule has 1 saturated carbocycles. The normalized spacial score (nSPS) is 17.5. The van der Waals surface area contributed by atoms with E-state index in [-0.39, 0.29) is 42.0 Å². The number of ether oxygens (including phenoxy) is 1. The molecule has 7 heteroatoms. The van der Waals surface area contributed by atoms with Gasteiger partial charge in [0.25, 0.3) is 5.91 Å². The van der Waals surface area contributed by atoms with Crippen molar-refractivity contribution in [2.45, 2.75) is 58.1 Å². The summed E-state index contributed by atoms with van der Waals surface area (Å²) in [6.45, 7) is 3.40. The van der Waals surface area contributed by atoms with E-state index in [2.05, 4.69) is 5.32 Å². The number of fused-ring (bicyclic) bond motifs is 1. The molecule has 0 saturated heterocycles. The molecule has 6 nitrogen and oxygen atoms in total. The van der Waals surface area contributed by atoms with Crippen LogP contribution in [0.4, 0.5) is 4.39 Å². The second-order valence-corrected chi connectivity index (χ2v) is 9.89. The molecule has 1 fully saturated rings. The first-order valence-corrected chi connectivity index (χ1v) is 13.2. The Bertz CT molecular complexity index is 1250. The van der Waals surface area contributed by atoms with Gasteiger partial charge in [0.05, 0.1) is 6.04 Å². The van der Waals surface area contributed by atoms with Crippen molar-refractivity contribution in [3.63, 3.8) is 0 Å². The molecule has 2 aliphatic rings. The lowest BCUT2D eigenvalue weighted by Crippen LogP contribution is -2.43. The van der Waals surface area contributed by atoms with Gasteiger partial charge in [0.15, 0.2) is 5.76 Å². The second kappa shape index (κ2) is 11.2. The summed E-state index contributed by atoms with van der Waals surface area (Å²) < 4.78 is 25.5. The number of rotatable bonds is 8. The largest absolute Gasteiger partial charge is 0.486 e. The summed E-state index contributed by atoms with van der Waals surface area (Å²) in [5.41, 5.74) is 3.05. The summed E-state index contributed by atoms with van der Waals surface area (Å²) in [5, 5.41) is 2.80. The average Bonchev–Trinajstić information content (AvgIpc) is 3.63. The first kappa shape index (κ1) is 25.1. The molecule has 2 amide bonds. The quantitative estimate of drug-likeness (QED) is 0.421. The first-order chi connectivity index (χ1) is 18.0. The fourth-order valence-corrected chi connectivity index (χ4v) is 5.39.